The average molecular weight is 256 g/mol. The maximum atomic E-state index is 12.2. The average Bonchev–Trinajstić information content (AvgIpc) is 2.16. The van der Waals surface area contributed by atoms with E-state index in [0.29, 0.717) is 0 Å². The third kappa shape index (κ3) is 3.28. The van der Waals surface area contributed by atoms with Gasteiger partial charge in [0.2, 0.25) is 0 Å². The number of hydrogen-bond acceptors (Lipinski definition) is 2. The van der Waals surface area contributed by atoms with E-state index < -0.39 is 9.73 Å². The van der Waals surface area contributed by atoms with Crippen LogP contribution in [0.1, 0.15) is 23.3 Å². The summed E-state index contributed by atoms with van der Waals surface area (Å²) in [6.07, 6.45) is 1.58. The van der Waals surface area contributed by atoms with Gasteiger partial charge in [0, 0.05) is 6.26 Å². The summed E-state index contributed by atoms with van der Waals surface area (Å²) >= 11 is 4.67. The first-order chi connectivity index (χ1) is 7.33. The molecular formula is C11H16N2OS2. The van der Waals surface area contributed by atoms with E-state index in [1.54, 1.807) is 6.26 Å². The van der Waals surface area contributed by atoms with E-state index in [4.69, 9.17) is 5.73 Å². The molecule has 0 saturated carbocycles. The molecule has 2 N–H and O–H groups in total. The zero-order valence-corrected chi connectivity index (χ0v) is 11.3. The Labute approximate surface area is 102 Å². The molecule has 0 aliphatic carbocycles. The predicted octanol–water partition coefficient (Wildman–Crippen LogP) is 2.40. The molecule has 3 nitrogen and oxygen atoms in total. The van der Waals surface area contributed by atoms with Gasteiger partial charge in [-0.25, -0.2) is 4.21 Å². The lowest BCUT2D eigenvalue weighted by atomic mass is 10.1. The minimum atomic E-state index is -2.42. The van der Waals surface area contributed by atoms with Crippen LogP contribution < -0.4 is 5.73 Å². The van der Waals surface area contributed by atoms with E-state index in [1.165, 1.54) is 5.56 Å². The maximum Gasteiger partial charge on any atom is 0.198 e. The molecule has 16 heavy (non-hydrogen) atoms. The Morgan fingerprint density at radius 2 is 1.94 bits per heavy atom. The molecule has 0 heterocycles. The summed E-state index contributed by atoms with van der Waals surface area (Å²) < 4.78 is 16.1. The van der Waals surface area contributed by atoms with Crippen LogP contribution in [0.2, 0.25) is 0 Å². The van der Waals surface area contributed by atoms with Crippen LogP contribution in [0.3, 0.4) is 0 Å². The van der Waals surface area contributed by atoms with Crippen molar-refractivity contribution in [1.82, 2.24) is 0 Å². The molecule has 2 atom stereocenters. The normalized spacial score (nSPS) is 16.2. The minimum absolute atomic E-state index is 0.0496. The number of thiocarbonyl (C=S) groups is 1. The molecule has 0 aliphatic rings. The highest BCUT2D eigenvalue weighted by molar-refractivity contribution is 7.94. The smallest absolute Gasteiger partial charge is 0.198 e. The van der Waals surface area contributed by atoms with Crippen LogP contribution >= 0.6 is 12.2 Å². The molecule has 1 rings (SSSR count). The van der Waals surface area contributed by atoms with Crippen LogP contribution in [-0.2, 0) is 9.73 Å². The molecule has 2 unspecified atom stereocenters. The molecule has 0 spiro atoms. The van der Waals surface area contributed by atoms with Crippen molar-refractivity contribution in [2.45, 2.75) is 19.1 Å². The summed E-state index contributed by atoms with van der Waals surface area (Å²) in [6.45, 7) is 3.88. The van der Waals surface area contributed by atoms with E-state index >= 15 is 0 Å². The Morgan fingerprint density at radius 1 is 1.44 bits per heavy atom. The number of benzene rings is 1. The molecule has 0 amide bonds. The number of aryl methyl sites for hydroxylation is 1. The number of hydrogen-bond donors (Lipinski definition) is 1. The van der Waals surface area contributed by atoms with Gasteiger partial charge in [-0.15, -0.1) is 0 Å². The van der Waals surface area contributed by atoms with Crippen LogP contribution in [0, 0.1) is 6.92 Å². The Hall–Kier alpha value is -0.940. The van der Waals surface area contributed by atoms with E-state index in [-0.39, 0.29) is 10.4 Å². The van der Waals surface area contributed by atoms with Crippen LogP contribution in [0.5, 0.6) is 0 Å². The van der Waals surface area contributed by atoms with Crippen LogP contribution in [-0.4, -0.2) is 15.6 Å². The molecule has 88 valence electrons. The maximum absolute atomic E-state index is 12.2. The monoisotopic (exact) mass is 256 g/mol. The van der Waals surface area contributed by atoms with Gasteiger partial charge in [0.1, 0.15) is 0 Å². The highest BCUT2D eigenvalue weighted by atomic mass is 32.2. The Bertz CT molecular complexity index is 499. The van der Waals surface area contributed by atoms with Gasteiger partial charge in [-0.1, -0.05) is 29.8 Å². The van der Waals surface area contributed by atoms with Gasteiger partial charge >= 0.3 is 0 Å². The van der Waals surface area contributed by atoms with Crippen LogP contribution in [0.4, 0.5) is 0 Å². The molecule has 0 saturated heterocycles. The lowest BCUT2D eigenvalue weighted by molar-refractivity contribution is 0.673. The third-order valence-corrected chi connectivity index (χ3v) is 4.82. The lowest BCUT2D eigenvalue weighted by Gasteiger charge is -2.14. The fourth-order valence-electron chi connectivity index (χ4n) is 1.35. The zero-order valence-electron chi connectivity index (χ0n) is 9.64. The van der Waals surface area contributed by atoms with Crippen molar-refractivity contribution in [1.29, 1.82) is 0 Å². The first-order valence-electron chi connectivity index (χ1n) is 4.90. The molecule has 1 aromatic rings. The van der Waals surface area contributed by atoms with Crippen molar-refractivity contribution in [2.24, 2.45) is 10.1 Å². The SMILES string of the molecule is Cc1ccc(C(C)S(C)(=O)=NC(N)=S)cc1. The molecule has 5 heteroatoms. The van der Waals surface area contributed by atoms with Crippen LogP contribution in [0.25, 0.3) is 0 Å². The fraction of sp³-hybridized carbons (Fsp3) is 0.364. The number of nitrogens with zero attached hydrogens (tertiary/aromatic N) is 1. The molecular weight excluding hydrogens is 240 g/mol. The van der Waals surface area contributed by atoms with Gasteiger partial charge in [-0.2, -0.15) is 4.36 Å². The van der Waals surface area contributed by atoms with E-state index in [0.717, 1.165) is 5.56 Å². The molecule has 0 radical (unpaired) electrons. The second kappa shape index (κ2) is 4.93. The topological polar surface area (TPSA) is 55.5 Å². The van der Waals surface area contributed by atoms with Crippen molar-refractivity contribution >= 4 is 27.1 Å². The Balaban J connectivity index is 3.12. The lowest BCUT2D eigenvalue weighted by Crippen LogP contribution is -2.13. The van der Waals surface area contributed by atoms with Crippen molar-refractivity contribution in [3.05, 3.63) is 35.4 Å². The first kappa shape index (κ1) is 13.1. The third-order valence-electron chi connectivity index (χ3n) is 2.47. The van der Waals surface area contributed by atoms with Crippen LogP contribution in [0.15, 0.2) is 28.6 Å². The van der Waals surface area contributed by atoms with Gasteiger partial charge in [-0.05, 0) is 31.6 Å². The highest BCUT2D eigenvalue weighted by Gasteiger charge is 2.15. The van der Waals surface area contributed by atoms with Gasteiger partial charge in [0.05, 0.1) is 15.0 Å². The first-order valence-corrected chi connectivity index (χ1v) is 7.29. The second-order valence-corrected chi connectivity index (χ2v) is 6.87. The van der Waals surface area contributed by atoms with E-state index in [1.807, 2.05) is 38.1 Å². The van der Waals surface area contributed by atoms with Crippen molar-refractivity contribution in [2.75, 3.05) is 6.26 Å². The second-order valence-electron chi connectivity index (χ2n) is 3.84. The summed E-state index contributed by atoms with van der Waals surface area (Å²) in [4.78, 5) is 0. The Morgan fingerprint density at radius 3 is 2.38 bits per heavy atom. The van der Waals surface area contributed by atoms with Crippen molar-refractivity contribution in [3.8, 4) is 0 Å². The number of nitrogens with two attached hydrogens (primary N) is 1. The molecule has 0 aliphatic heterocycles. The summed E-state index contributed by atoms with van der Waals surface area (Å²) in [6, 6.07) is 7.89. The summed E-state index contributed by atoms with van der Waals surface area (Å²) in [5, 5.41) is -0.235. The van der Waals surface area contributed by atoms with Gasteiger partial charge in [-0.3, -0.25) is 0 Å². The van der Waals surface area contributed by atoms with E-state index in [2.05, 4.69) is 16.6 Å². The van der Waals surface area contributed by atoms with Gasteiger partial charge in [0.25, 0.3) is 0 Å². The van der Waals surface area contributed by atoms with E-state index in [9.17, 15) is 4.21 Å². The largest absolute Gasteiger partial charge is 0.374 e. The van der Waals surface area contributed by atoms with Gasteiger partial charge in [0.15, 0.2) is 5.11 Å². The predicted molar refractivity (Wildman–Crippen MR) is 72.9 cm³/mol. The Kier molecular flexibility index (Phi) is 4.04. The molecule has 1 aromatic carbocycles. The quantitative estimate of drug-likeness (QED) is 0.827. The summed E-state index contributed by atoms with van der Waals surface area (Å²) in [5.41, 5.74) is 7.46. The zero-order chi connectivity index (χ0) is 12.3. The van der Waals surface area contributed by atoms with Crippen molar-refractivity contribution < 1.29 is 4.21 Å². The molecule has 0 aromatic heterocycles. The molecule has 0 fully saturated rings. The summed E-state index contributed by atoms with van der Waals surface area (Å²) in [5.74, 6) is 0. The summed E-state index contributed by atoms with van der Waals surface area (Å²) in [7, 11) is -2.42. The minimum Gasteiger partial charge on any atom is -0.374 e. The molecule has 0 bridgehead atoms. The number of rotatable bonds is 2. The van der Waals surface area contributed by atoms with Crippen molar-refractivity contribution in [3.63, 3.8) is 0 Å². The highest BCUT2D eigenvalue weighted by Crippen LogP contribution is 2.22. The fourth-order valence-corrected chi connectivity index (χ4v) is 2.97. The van der Waals surface area contributed by atoms with Gasteiger partial charge < -0.3 is 5.73 Å². The standard InChI is InChI=1S/C11H16N2OS2/c1-8-4-6-10(7-5-8)9(2)16(3,14)13-11(12)15/h4-7,9H,1-3H3,(H2,12,15).